The molecular formula is C18H25N3O2S. The smallest absolute Gasteiger partial charge is 0.160 e. The first-order valence-electron chi connectivity index (χ1n) is 8.94. The third kappa shape index (κ3) is 3.55. The van der Waals surface area contributed by atoms with Crippen molar-refractivity contribution < 1.29 is 9.52 Å². The van der Waals surface area contributed by atoms with Gasteiger partial charge >= 0.3 is 0 Å². The first kappa shape index (κ1) is 16.2. The normalized spacial score (nSPS) is 19.0. The van der Waals surface area contributed by atoms with Gasteiger partial charge in [-0.05, 0) is 25.0 Å². The lowest BCUT2D eigenvalue weighted by atomic mass is 10.0. The lowest BCUT2D eigenvalue weighted by molar-refractivity contribution is 0.231. The molecule has 2 aliphatic rings. The molecule has 0 aromatic carbocycles. The summed E-state index contributed by atoms with van der Waals surface area (Å²) in [5, 5.41) is 15.3. The Labute approximate surface area is 147 Å². The number of aliphatic hydroxyl groups is 1. The third-order valence-corrected chi connectivity index (χ3v) is 6.22. The van der Waals surface area contributed by atoms with Gasteiger partial charge in [0.25, 0.3) is 0 Å². The van der Waals surface area contributed by atoms with Crippen LogP contribution in [0.2, 0.25) is 0 Å². The van der Waals surface area contributed by atoms with E-state index in [2.05, 4.69) is 22.1 Å². The van der Waals surface area contributed by atoms with Gasteiger partial charge in [-0.15, -0.1) is 0 Å². The largest absolute Gasteiger partial charge is 0.454 e. The third-order valence-electron chi connectivity index (χ3n) is 4.97. The molecule has 1 saturated carbocycles. The fourth-order valence-electron chi connectivity index (χ4n) is 3.75. The van der Waals surface area contributed by atoms with Crippen molar-refractivity contribution in [1.29, 1.82) is 0 Å². The average Bonchev–Trinajstić information content (AvgIpc) is 3.27. The summed E-state index contributed by atoms with van der Waals surface area (Å²) in [7, 11) is 0. The molecular weight excluding hydrogens is 322 g/mol. The summed E-state index contributed by atoms with van der Waals surface area (Å²) in [6.45, 7) is 3.33. The van der Waals surface area contributed by atoms with E-state index < -0.39 is 0 Å². The number of hydrogen-bond acceptors (Lipinski definition) is 5. The van der Waals surface area contributed by atoms with Crippen LogP contribution in [-0.4, -0.2) is 31.6 Å². The van der Waals surface area contributed by atoms with Gasteiger partial charge in [-0.2, -0.15) is 5.10 Å². The standard InChI is InChI=1S/C18H25N3O2S/c22-9-8-21-17-13-20(11-14(17)10-19-21)12-15-6-7-18(23-15)24-16-4-2-1-3-5-16/h6-7,10,16,22H,1-5,8-9,11-13H2. The number of furan rings is 1. The Bertz CT molecular complexity index is 676. The van der Waals surface area contributed by atoms with E-state index in [0.717, 1.165) is 35.7 Å². The van der Waals surface area contributed by atoms with E-state index in [1.807, 2.05) is 22.6 Å². The Balaban J connectivity index is 1.33. The van der Waals surface area contributed by atoms with E-state index in [-0.39, 0.29) is 6.61 Å². The molecule has 0 bridgehead atoms. The minimum absolute atomic E-state index is 0.133. The summed E-state index contributed by atoms with van der Waals surface area (Å²) in [6.07, 6.45) is 8.69. The molecule has 130 valence electrons. The summed E-state index contributed by atoms with van der Waals surface area (Å²) in [4.78, 5) is 2.37. The van der Waals surface area contributed by atoms with E-state index in [4.69, 9.17) is 9.52 Å². The SMILES string of the molecule is OCCn1ncc2c1CN(Cc1ccc(SC3CCCCC3)o1)C2. The van der Waals surface area contributed by atoms with Gasteiger partial charge in [0, 0.05) is 23.9 Å². The van der Waals surface area contributed by atoms with Gasteiger partial charge in [0.1, 0.15) is 5.76 Å². The molecule has 2 aromatic rings. The topological polar surface area (TPSA) is 54.4 Å². The van der Waals surface area contributed by atoms with Crippen LogP contribution >= 0.6 is 11.8 Å². The number of aliphatic hydroxyl groups excluding tert-OH is 1. The van der Waals surface area contributed by atoms with Crippen molar-refractivity contribution in [2.24, 2.45) is 0 Å². The van der Waals surface area contributed by atoms with Gasteiger partial charge in [0.2, 0.25) is 0 Å². The lowest BCUT2D eigenvalue weighted by Crippen LogP contribution is -2.17. The summed E-state index contributed by atoms with van der Waals surface area (Å²) in [5.74, 6) is 1.04. The molecule has 0 spiro atoms. The van der Waals surface area contributed by atoms with Gasteiger partial charge in [0.15, 0.2) is 5.09 Å². The maximum absolute atomic E-state index is 9.12. The molecule has 1 fully saturated rings. The Hall–Kier alpha value is -1.24. The number of fused-ring (bicyclic) bond motifs is 1. The van der Waals surface area contributed by atoms with Gasteiger partial charge < -0.3 is 9.52 Å². The van der Waals surface area contributed by atoms with E-state index >= 15 is 0 Å². The van der Waals surface area contributed by atoms with E-state index in [0.29, 0.717) is 6.54 Å². The van der Waals surface area contributed by atoms with Crippen molar-refractivity contribution in [2.75, 3.05) is 6.61 Å². The molecule has 0 atom stereocenters. The second-order valence-electron chi connectivity index (χ2n) is 6.81. The maximum atomic E-state index is 9.12. The zero-order valence-electron chi connectivity index (χ0n) is 14.0. The first-order valence-corrected chi connectivity index (χ1v) is 9.82. The Morgan fingerprint density at radius 3 is 2.92 bits per heavy atom. The Morgan fingerprint density at radius 1 is 1.21 bits per heavy atom. The molecule has 0 unspecified atom stereocenters. The quantitative estimate of drug-likeness (QED) is 0.868. The van der Waals surface area contributed by atoms with Crippen LogP contribution < -0.4 is 0 Å². The minimum atomic E-state index is 0.133. The zero-order chi connectivity index (χ0) is 16.4. The summed E-state index contributed by atoms with van der Waals surface area (Å²) < 4.78 is 7.98. The van der Waals surface area contributed by atoms with Crippen LogP contribution in [0.15, 0.2) is 27.8 Å². The Morgan fingerprint density at radius 2 is 2.08 bits per heavy atom. The highest BCUT2D eigenvalue weighted by molar-refractivity contribution is 7.99. The van der Waals surface area contributed by atoms with Crippen LogP contribution in [0.3, 0.4) is 0 Å². The highest BCUT2D eigenvalue weighted by atomic mass is 32.2. The molecule has 1 N–H and O–H groups in total. The predicted octanol–water partition coefficient (Wildman–Crippen LogP) is 3.41. The van der Waals surface area contributed by atoms with Crippen LogP contribution in [0.4, 0.5) is 0 Å². The van der Waals surface area contributed by atoms with Crippen molar-refractivity contribution in [3.05, 3.63) is 35.3 Å². The number of aromatic nitrogens is 2. The summed E-state index contributed by atoms with van der Waals surface area (Å²) in [5.41, 5.74) is 2.50. The summed E-state index contributed by atoms with van der Waals surface area (Å²) >= 11 is 1.91. The Kier molecular flexibility index (Phi) is 4.96. The van der Waals surface area contributed by atoms with Gasteiger partial charge in [-0.1, -0.05) is 31.0 Å². The summed E-state index contributed by atoms with van der Waals surface area (Å²) in [6, 6.07) is 4.25. The number of nitrogens with zero attached hydrogens (tertiary/aromatic N) is 3. The van der Waals surface area contributed by atoms with Crippen molar-refractivity contribution in [3.63, 3.8) is 0 Å². The molecule has 4 rings (SSSR count). The molecule has 0 saturated heterocycles. The maximum Gasteiger partial charge on any atom is 0.160 e. The molecule has 6 heteroatoms. The van der Waals surface area contributed by atoms with Crippen LogP contribution in [0.5, 0.6) is 0 Å². The van der Waals surface area contributed by atoms with Gasteiger partial charge in [-0.3, -0.25) is 9.58 Å². The second-order valence-corrected chi connectivity index (χ2v) is 8.11. The van der Waals surface area contributed by atoms with E-state index in [1.54, 1.807) is 0 Å². The van der Waals surface area contributed by atoms with Crippen molar-refractivity contribution >= 4 is 11.8 Å². The first-order chi connectivity index (χ1) is 11.8. The minimum Gasteiger partial charge on any atom is -0.454 e. The van der Waals surface area contributed by atoms with Gasteiger partial charge in [0.05, 0.1) is 31.6 Å². The van der Waals surface area contributed by atoms with Crippen molar-refractivity contribution in [1.82, 2.24) is 14.7 Å². The molecule has 1 aliphatic carbocycles. The van der Waals surface area contributed by atoms with Crippen LogP contribution in [0.1, 0.15) is 49.1 Å². The van der Waals surface area contributed by atoms with Gasteiger partial charge in [-0.25, -0.2) is 0 Å². The molecule has 24 heavy (non-hydrogen) atoms. The van der Waals surface area contributed by atoms with Crippen LogP contribution in [0, 0.1) is 0 Å². The lowest BCUT2D eigenvalue weighted by Gasteiger charge is -2.19. The fraction of sp³-hybridized carbons (Fsp3) is 0.611. The second kappa shape index (κ2) is 7.33. The molecule has 1 aliphatic heterocycles. The molecule has 0 amide bonds. The predicted molar refractivity (Wildman–Crippen MR) is 93.7 cm³/mol. The zero-order valence-corrected chi connectivity index (χ0v) is 14.8. The molecule has 0 radical (unpaired) electrons. The van der Waals surface area contributed by atoms with E-state index in [9.17, 15) is 0 Å². The number of rotatable bonds is 6. The number of thioether (sulfide) groups is 1. The molecule has 2 aromatic heterocycles. The monoisotopic (exact) mass is 347 g/mol. The highest BCUT2D eigenvalue weighted by Crippen LogP contribution is 2.35. The highest BCUT2D eigenvalue weighted by Gasteiger charge is 2.24. The van der Waals surface area contributed by atoms with Crippen LogP contribution in [-0.2, 0) is 26.2 Å². The van der Waals surface area contributed by atoms with Crippen molar-refractivity contribution in [3.8, 4) is 0 Å². The molecule has 3 heterocycles. The average molecular weight is 347 g/mol. The fourth-order valence-corrected chi connectivity index (χ4v) is 4.95. The van der Waals surface area contributed by atoms with E-state index in [1.165, 1.54) is 43.4 Å². The van der Waals surface area contributed by atoms with Crippen LogP contribution in [0.25, 0.3) is 0 Å². The number of hydrogen-bond donors (Lipinski definition) is 1. The molecule has 5 nitrogen and oxygen atoms in total. The van der Waals surface area contributed by atoms with Crippen molar-refractivity contribution in [2.45, 2.75) is 68.6 Å².